The molecule has 1 amide bonds. The van der Waals surface area contributed by atoms with E-state index in [9.17, 15) is 24.0 Å². The number of rotatable bonds is 13. The summed E-state index contributed by atoms with van der Waals surface area (Å²) in [6.45, 7) is 12.8. The Morgan fingerprint density at radius 3 is 2.46 bits per heavy atom. The molecular formula is C51H64N2O6. The van der Waals surface area contributed by atoms with Gasteiger partial charge in [-0.1, -0.05) is 92.6 Å². The number of Topliss-reactive ketones (excluding diaryl/α,β-unsaturated/α-hetero) is 3. The quantitative estimate of drug-likeness (QED) is 0.160. The zero-order chi connectivity index (χ0) is 41.6. The van der Waals surface area contributed by atoms with E-state index in [1.54, 1.807) is 29.8 Å². The minimum Gasteiger partial charge on any atom is -0.365 e. The van der Waals surface area contributed by atoms with Crippen LogP contribution in [-0.4, -0.2) is 70.8 Å². The molecule has 59 heavy (non-hydrogen) atoms. The zero-order valence-electron chi connectivity index (χ0n) is 35.9. The number of ether oxygens (including phenoxy) is 1. The van der Waals surface area contributed by atoms with E-state index in [4.69, 9.17) is 4.74 Å². The van der Waals surface area contributed by atoms with Gasteiger partial charge in [-0.2, -0.15) is 0 Å². The lowest BCUT2D eigenvalue weighted by atomic mass is 9.57. The second-order valence-corrected chi connectivity index (χ2v) is 19.5. The van der Waals surface area contributed by atoms with E-state index in [0.717, 1.165) is 57.2 Å². The molecule has 1 N–H and O–H groups in total. The summed E-state index contributed by atoms with van der Waals surface area (Å²) in [6, 6.07) is 16.0. The van der Waals surface area contributed by atoms with Gasteiger partial charge in [-0.25, -0.2) is 0 Å². The van der Waals surface area contributed by atoms with E-state index in [-0.39, 0.29) is 59.3 Å². The van der Waals surface area contributed by atoms with Crippen LogP contribution in [0.15, 0.2) is 77.4 Å². The molecule has 2 aromatic carbocycles. The lowest BCUT2D eigenvalue weighted by Gasteiger charge is -2.47. The Morgan fingerprint density at radius 1 is 0.966 bits per heavy atom. The molecule has 8 rings (SSSR count). The lowest BCUT2D eigenvalue weighted by Crippen LogP contribution is -2.52. The van der Waals surface area contributed by atoms with Gasteiger partial charge < -0.3 is 14.8 Å². The number of likely N-dealkylation sites (tertiary alicyclic amines) is 1. The first-order valence-corrected chi connectivity index (χ1v) is 22.6. The zero-order valence-corrected chi connectivity index (χ0v) is 35.9. The van der Waals surface area contributed by atoms with Gasteiger partial charge in [-0.15, -0.1) is 0 Å². The number of allylic oxidation sites excluding steroid dienone is 3. The van der Waals surface area contributed by atoms with Gasteiger partial charge in [0.05, 0.1) is 17.7 Å². The number of benzene rings is 2. The summed E-state index contributed by atoms with van der Waals surface area (Å²) in [5, 5.41) is 2.96. The van der Waals surface area contributed by atoms with Gasteiger partial charge in [0, 0.05) is 61.7 Å². The maximum Gasteiger partial charge on any atom is 0.221 e. The third-order valence-corrected chi connectivity index (χ3v) is 15.9. The van der Waals surface area contributed by atoms with Crippen molar-refractivity contribution in [1.29, 1.82) is 0 Å². The van der Waals surface area contributed by atoms with Crippen molar-refractivity contribution in [2.45, 2.75) is 142 Å². The fraction of sp³-hybridized carbons (Fsp3) is 0.588. The minimum absolute atomic E-state index is 0.0188. The Kier molecular flexibility index (Phi) is 11.9. The van der Waals surface area contributed by atoms with E-state index in [2.05, 4.69) is 44.0 Å². The summed E-state index contributed by atoms with van der Waals surface area (Å²) in [5.41, 5.74) is 6.48. The van der Waals surface area contributed by atoms with Crippen LogP contribution >= 0.6 is 0 Å². The van der Waals surface area contributed by atoms with Crippen LogP contribution in [0.4, 0.5) is 0 Å². The molecular weight excluding hydrogens is 737 g/mol. The highest BCUT2D eigenvalue weighted by molar-refractivity contribution is 6.09. The highest BCUT2D eigenvalue weighted by Gasteiger charge is 2.61. The second-order valence-electron chi connectivity index (χ2n) is 19.5. The number of hydrogen-bond donors (Lipinski definition) is 1. The van der Waals surface area contributed by atoms with Crippen molar-refractivity contribution in [1.82, 2.24) is 10.2 Å². The molecule has 2 aromatic rings. The maximum atomic E-state index is 14.0. The van der Waals surface area contributed by atoms with Crippen molar-refractivity contribution in [3.05, 3.63) is 94.1 Å². The third-order valence-electron chi connectivity index (χ3n) is 15.9. The van der Waals surface area contributed by atoms with Gasteiger partial charge in [0.2, 0.25) is 5.91 Å². The second kappa shape index (κ2) is 16.8. The lowest BCUT2D eigenvalue weighted by molar-refractivity contribution is -0.129. The summed E-state index contributed by atoms with van der Waals surface area (Å²) in [6.07, 6.45) is 12.0. The Bertz CT molecular complexity index is 2040. The molecule has 314 valence electrons. The molecule has 0 radical (unpaired) electrons. The Hall–Kier alpha value is -4.01. The number of amides is 1. The van der Waals surface area contributed by atoms with Crippen LogP contribution in [-0.2, 0) is 30.3 Å². The number of ketones is 4. The van der Waals surface area contributed by atoms with Crippen LogP contribution < -0.4 is 5.32 Å². The first-order chi connectivity index (χ1) is 28.3. The Balaban J connectivity index is 0.939. The number of nitrogens with one attached hydrogen (secondary N) is 1. The molecule has 4 fully saturated rings. The van der Waals surface area contributed by atoms with E-state index < -0.39 is 6.04 Å². The fourth-order valence-corrected chi connectivity index (χ4v) is 12.8. The van der Waals surface area contributed by atoms with Crippen molar-refractivity contribution in [2.75, 3.05) is 13.1 Å². The normalized spacial score (nSPS) is 33.1. The number of fused-ring (bicyclic) bond motifs is 6. The van der Waals surface area contributed by atoms with E-state index >= 15 is 0 Å². The summed E-state index contributed by atoms with van der Waals surface area (Å²) in [4.78, 5) is 66.7. The molecule has 0 bridgehead atoms. The van der Waals surface area contributed by atoms with Crippen molar-refractivity contribution in [3.8, 4) is 0 Å². The van der Waals surface area contributed by atoms with Crippen LogP contribution in [0, 0.1) is 35.0 Å². The van der Waals surface area contributed by atoms with Crippen molar-refractivity contribution >= 4 is 29.0 Å². The van der Waals surface area contributed by atoms with Gasteiger partial charge in [0.25, 0.3) is 0 Å². The van der Waals surface area contributed by atoms with Crippen molar-refractivity contribution in [3.63, 3.8) is 0 Å². The average Bonchev–Trinajstić information content (AvgIpc) is 3.75. The number of nitrogens with zero attached hydrogens (tertiary/aromatic N) is 1. The maximum absolute atomic E-state index is 14.0. The molecule has 0 aromatic heterocycles. The Labute approximate surface area is 351 Å². The monoisotopic (exact) mass is 800 g/mol. The van der Waals surface area contributed by atoms with Crippen molar-refractivity contribution < 1.29 is 28.7 Å². The first kappa shape index (κ1) is 41.7. The molecule has 10 atom stereocenters. The Morgan fingerprint density at radius 2 is 1.71 bits per heavy atom. The minimum atomic E-state index is -0.725. The summed E-state index contributed by atoms with van der Waals surface area (Å²) in [7, 11) is 0. The molecule has 2 heterocycles. The smallest absolute Gasteiger partial charge is 0.221 e. The first-order valence-electron chi connectivity index (χ1n) is 22.6. The summed E-state index contributed by atoms with van der Waals surface area (Å²) < 4.78 is 7.37. The molecule has 2 saturated heterocycles. The van der Waals surface area contributed by atoms with Crippen LogP contribution in [0.1, 0.15) is 133 Å². The SMILES string of the molecule is CC(=O)CCC(=O)N[C@@H](Cc1ccc(C(=O)c2ccccc2)cc1)C(=O)CCCN1C[C@@H](C)C[C@H]2O[C@]3(CC[C@@H]4C(=C3C)CC3[C@H]4CC=C4CC(=O)CC[C@@]43C)[C@H](C)[C@@H]21. The molecule has 4 aliphatic carbocycles. The predicted molar refractivity (Wildman–Crippen MR) is 229 cm³/mol. The van der Waals surface area contributed by atoms with E-state index in [1.807, 2.05) is 30.3 Å². The molecule has 8 heteroatoms. The number of hydrogen-bond acceptors (Lipinski definition) is 7. The molecule has 2 aliphatic heterocycles. The van der Waals surface area contributed by atoms with Gasteiger partial charge in [-0.05, 0) is 112 Å². The summed E-state index contributed by atoms with van der Waals surface area (Å²) >= 11 is 0. The third kappa shape index (κ3) is 8.01. The standard InChI is InChI=1S/C51H64N2O6/c1-31-26-46-48(34(4)51(59-46)24-22-40-41-19-18-38-28-39(55)21-23-50(38,5)43(41)29-42(40)33(51)3)53(30-31)25-9-12-45(56)44(52-47(57)20-13-32(2)54)27-35-14-16-37(17-15-35)49(58)36-10-7-6-8-11-36/h6-8,10-11,14-18,31,34,40-41,43-44,46,48H,9,12-13,19-30H2,1-5H3,(H,52,57)/t31-,34+,40-,41-,43?,44-,46+,48-,50-,51-/m0/s1. The summed E-state index contributed by atoms with van der Waals surface area (Å²) in [5.74, 6) is 2.66. The van der Waals surface area contributed by atoms with E-state index in [0.29, 0.717) is 72.2 Å². The van der Waals surface area contributed by atoms with Gasteiger partial charge in [-0.3, -0.25) is 24.1 Å². The molecule has 6 aliphatic rings. The highest BCUT2D eigenvalue weighted by Crippen LogP contribution is 2.65. The highest BCUT2D eigenvalue weighted by atomic mass is 16.5. The van der Waals surface area contributed by atoms with Gasteiger partial charge in [0.15, 0.2) is 11.6 Å². The fourth-order valence-electron chi connectivity index (χ4n) is 12.8. The molecule has 1 unspecified atom stereocenters. The van der Waals surface area contributed by atoms with Gasteiger partial charge in [0.1, 0.15) is 11.6 Å². The largest absolute Gasteiger partial charge is 0.365 e. The van der Waals surface area contributed by atoms with Gasteiger partial charge >= 0.3 is 0 Å². The predicted octanol–water partition coefficient (Wildman–Crippen LogP) is 8.60. The molecule has 1 spiro atoms. The van der Waals surface area contributed by atoms with E-state index in [1.165, 1.54) is 24.5 Å². The van der Waals surface area contributed by atoms with Crippen molar-refractivity contribution in [2.24, 2.45) is 35.0 Å². The number of carbonyl (C=O) groups is 5. The van der Waals surface area contributed by atoms with Crippen LogP contribution in [0.25, 0.3) is 0 Å². The molecule has 2 saturated carbocycles. The van der Waals surface area contributed by atoms with Crippen LogP contribution in [0.3, 0.4) is 0 Å². The number of piperidine rings is 1. The number of carbonyl (C=O) groups excluding carboxylic acids is 5. The average molecular weight is 801 g/mol. The van der Waals surface area contributed by atoms with Crippen LogP contribution in [0.5, 0.6) is 0 Å². The molecule has 8 nitrogen and oxygen atoms in total. The topological polar surface area (TPSA) is 110 Å². The van der Waals surface area contributed by atoms with Crippen LogP contribution in [0.2, 0.25) is 0 Å².